The van der Waals surface area contributed by atoms with Crippen molar-refractivity contribution >= 4 is 5.97 Å². The molecule has 0 fully saturated rings. The predicted molar refractivity (Wildman–Crippen MR) is 30.9 cm³/mol. The number of hydrogen-bond donors (Lipinski definition) is 2. The van der Waals surface area contributed by atoms with E-state index in [1.165, 1.54) is 14.2 Å². The van der Waals surface area contributed by atoms with Gasteiger partial charge < -0.3 is 9.94 Å². The first-order chi connectivity index (χ1) is 5.11. The Morgan fingerprint density at radius 1 is 1.82 bits per heavy atom. The standard InChI is InChI=1S/C4H9N3O4/c1-6(7(10)5-9)3-4(8)11-2/h10H,3H2,1-2H3/p+1. The summed E-state index contributed by atoms with van der Waals surface area (Å²) in [5.41, 5.74) is 0. The van der Waals surface area contributed by atoms with Crippen molar-refractivity contribution in [2.24, 2.45) is 5.28 Å². The second-order valence-corrected chi connectivity index (χ2v) is 1.75. The first-order valence-electron chi connectivity index (χ1n) is 2.73. The summed E-state index contributed by atoms with van der Waals surface area (Å²) in [5, 5.41) is 19.9. The topological polar surface area (TPSA) is 85.4 Å². The third kappa shape index (κ3) is 3.23. The van der Waals surface area contributed by atoms with E-state index in [0.717, 1.165) is 5.01 Å². The van der Waals surface area contributed by atoms with Crippen molar-refractivity contribution in [3.05, 3.63) is 0 Å². The number of hydrogen-bond acceptors (Lipinski definition) is 3. The number of rotatable bonds is 3. The minimum atomic E-state index is -0.546. The smallest absolute Gasteiger partial charge is 0.331 e. The molecule has 0 amide bonds. The summed E-state index contributed by atoms with van der Waals surface area (Å²) >= 11 is 0. The molecule has 0 aliphatic heterocycles. The van der Waals surface area contributed by atoms with Crippen molar-refractivity contribution in [2.45, 2.75) is 0 Å². The Balaban J connectivity index is 3.87. The molecule has 11 heavy (non-hydrogen) atoms. The molecule has 64 valence electrons. The number of carbonyl (C=O) groups is 1. The number of esters is 1. The summed E-state index contributed by atoms with van der Waals surface area (Å²) in [5.74, 6) is -0.546. The second kappa shape index (κ2) is 4.31. The highest BCUT2D eigenvalue weighted by molar-refractivity contribution is 5.71. The number of hydrazine groups is 1. The number of ether oxygens (including phenoxy) is 1. The van der Waals surface area contributed by atoms with Crippen molar-refractivity contribution in [1.82, 2.24) is 5.01 Å². The lowest BCUT2D eigenvalue weighted by atomic mass is 10.6. The van der Waals surface area contributed by atoms with E-state index in [0.29, 0.717) is 0 Å². The van der Waals surface area contributed by atoms with Crippen LogP contribution in [0.5, 0.6) is 0 Å². The predicted octanol–water partition coefficient (Wildman–Crippen LogP) is -0.751. The Morgan fingerprint density at radius 2 is 2.36 bits per heavy atom. The molecule has 7 heteroatoms. The van der Waals surface area contributed by atoms with Gasteiger partial charge in [-0.3, -0.25) is 0 Å². The Labute approximate surface area is 63.0 Å². The maximum Gasteiger partial charge on any atom is 0.331 e. The summed E-state index contributed by atoms with van der Waals surface area (Å²) in [6.45, 7) is -0.197. The third-order valence-corrected chi connectivity index (χ3v) is 0.971. The molecule has 7 nitrogen and oxygen atoms in total. The highest BCUT2D eigenvalue weighted by Gasteiger charge is 2.16. The van der Waals surface area contributed by atoms with Crippen LogP contribution in [-0.4, -0.2) is 47.1 Å². The van der Waals surface area contributed by atoms with Crippen LogP contribution in [0, 0.1) is 0 Å². The van der Waals surface area contributed by atoms with Crippen LogP contribution < -0.4 is 0 Å². The largest absolute Gasteiger partial charge is 0.468 e. The van der Waals surface area contributed by atoms with Gasteiger partial charge in [0.05, 0.1) is 14.2 Å². The van der Waals surface area contributed by atoms with Gasteiger partial charge in [0.2, 0.25) is 0 Å². The van der Waals surface area contributed by atoms with Gasteiger partial charge in [0.25, 0.3) is 10.2 Å². The molecule has 0 rings (SSSR count). The maximum absolute atomic E-state index is 10.5. The molecule has 0 aliphatic carbocycles. The van der Waals surface area contributed by atoms with Crippen molar-refractivity contribution in [2.75, 3.05) is 20.7 Å². The van der Waals surface area contributed by atoms with E-state index in [2.05, 4.69) is 10.0 Å². The van der Waals surface area contributed by atoms with Gasteiger partial charge in [-0.25, -0.2) is 10.0 Å². The van der Waals surface area contributed by atoms with Gasteiger partial charge >= 0.3 is 5.97 Å². The molecule has 0 spiro atoms. The molecule has 0 aromatic rings. The Morgan fingerprint density at radius 3 is 2.73 bits per heavy atom. The molecule has 0 saturated carbocycles. The summed E-state index contributed by atoms with van der Waals surface area (Å²) in [6.07, 6.45) is 0. The molecule has 0 bridgehead atoms. The van der Waals surface area contributed by atoms with Gasteiger partial charge in [0.1, 0.15) is 0 Å². The van der Waals surface area contributed by atoms with Crippen LogP contribution in [0.2, 0.25) is 0 Å². The van der Waals surface area contributed by atoms with E-state index in [4.69, 9.17) is 10.4 Å². The van der Waals surface area contributed by atoms with Crippen molar-refractivity contribution in [3.8, 4) is 0 Å². The molecule has 0 aliphatic rings. The van der Waals surface area contributed by atoms with Crippen LogP contribution in [0.15, 0.2) is 5.28 Å². The van der Waals surface area contributed by atoms with E-state index in [-0.39, 0.29) is 11.5 Å². The molecule has 0 saturated heterocycles. The third-order valence-electron chi connectivity index (χ3n) is 0.971. The van der Waals surface area contributed by atoms with E-state index < -0.39 is 5.97 Å². The number of nitrogens with zero attached hydrogens (tertiary/aromatic N) is 3. The van der Waals surface area contributed by atoms with E-state index in [1.807, 2.05) is 0 Å². The first-order valence-corrected chi connectivity index (χ1v) is 2.73. The first kappa shape index (κ1) is 9.47. The van der Waals surface area contributed by atoms with Crippen molar-refractivity contribution in [3.63, 3.8) is 0 Å². The van der Waals surface area contributed by atoms with Gasteiger partial charge in [-0.15, -0.1) is 5.01 Å². The number of likely N-dealkylation sites (N-methyl/N-ethyl adjacent to an activating group) is 1. The summed E-state index contributed by atoms with van der Waals surface area (Å²) in [7, 11) is 2.56. The number of carbonyl (C=O) groups excluding carboxylic acids is 1. The van der Waals surface area contributed by atoms with Gasteiger partial charge in [0, 0.05) is 0 Å². The summed E-state index contributed by atoms with van der Waals surface area (Å²) in [6, 6.07) is 0. The summed E-state index contributed by atoms with van der Waals surface area (Å²) < 4.78 is 4.27. The Kier molecular flexibility index (Phi) is 3.71. The van der Waals surface area contributed by atoms with Crippen LogP contribution >= 0.6 is 0 Å². The van der Waals surface area contributed by atoms with Crippen molar-refractivity contribution in [1.29, 1.82) is 0 Å². The lowest BCUT2D eigenvalue weighted by Crippen LogP contribution is -2.33. The maximum atomic E-state index is 10.5. The van der Waals surface area contributed by atoms with E-state index in [1.54, 1.807) is 0 Å². The highest BCUT2D eigenvalue weighted by Crippen LogP contribution is 1.83. The molecular formula is C4H10N3O4+. The molecule has 2 N–H and O–H groups in total. The fourth-order valence-corrected chi connectivity index (χ4v) is 0.383. The van der Waals surface area contributed by atoms with E-state index >= 15 is 0 Å². The summed E-state index contributed by atoms with van der Waals surface area (Å²) in [4.78, 5) is 10.6. The number of methoxy groups -OCH3 is 1. The van der Waals surface area contributed by atoms with Crippen molar-refractivity contribution < 1.29 is 24.9 Å². The lowest BCUT2D eigenvalue weighted by molar-refractivity contribution is -0.936. The van der Waals surface area contributed by atoms with Gasteiger partial charge in [0.15, 0.2) is 6.54 Å². The zero-order valence-corrected chi connectivity index (χ0v) is 6.26. The fraction of sp³-hybridized carbons (Fsp3) is 0.750. The van der Waals surface area contributed by atoms with Gasteiger partial charge in [-0.1, -0.05) is 0 Å². The Hall–Kier alpha value is -1.53. The minimum absolute atomic E-state index is 0.122. The van der Waals surface area contributed by atoms with Crippen LogP contribution in [-0.2, 0) is 9.53 Å². The molecule has 0 heterocycles. The van der Waals surface area contributed by atoms with Crippen LogP contribution in [0.25, 0.3) is 0 Å². The molecule has 0 unspecified atom stereocenters. The minimum Gasteiger partial charge on any atom is -0.468 e. The monoisotopic (exact) mass is 164 g/mol. The second-order valence-electron chi connectivity index (χ2n) is 1.75. The van der Waals surface area contributed by atoms with Crippen LogP contribution in [0.1, 0.15) is 0 Å². The van der Waals surface area contributed by atoms with Gasteiger partial charge in [-0.2, -0.15) is 0 Å². The highest BCUT2D eigenvalue weighted by atomic mass is 16.6. The zero-order chi connectivity index (χ0) is 8.85. The zero-order valence-electron chi connectivity index (χ0n) is 6.26. The average Bonchev–Trinajstić information content (AvgIpc) is 2.02. The molecule has 0 aromatic carbocycles. The quantitative estimate of drug-likeness (QED) is 0.248. The van der Waals surface area contributed by atoms with Crippen LogP contribution in [0.3, 0.4) is 0 Å². The molecule has 0 aromatic heterocycles. The SMILES string of the molecule is COC(=O)CN(C)[N+](O)=NO. The molecular weight excluding hydrogens is 154 g/mol. The molecule has 0 radical (unpaired) electrons. The Bertz CT molecular complexity index is 169. The van der Waals surface area contributed by atoms with E-state index in [9.17, 15) is 4.79 Å². The van der Waals surface area contributed by atoms with Crippen LogP contribution in [0.4, 0.5) is 0 Å². The normalized spacial score (nSPS) is 10.9. The molecule has 0 atom stereocenters. The average molecular weight is 164 g/mol. The van der Waals surface area contributed by atoms with Gasteiger partial charge in [-0.05, 0) is 0 Å². The lowest BCUT2D eigenvalue weighted by Gasteiger charge is -2.02. The fourth-order valence-electron chi connectivity index (χ4n) is 0.383.